The van der Waals surface area contributed by atoms with E-state index in [1.165, 1.54) is 13.8 Å². The standard InChI is InChI=1S/C11H17NO9/c1-8(13)18-5-17-6-20-10(15)3-12-4-11(16)21-7-19-9(2)14/h12H,3-7H2,1-2H3. The fraction of sp³-hybridized carbons (Fsp3) is 0.636. The monoisotopic (exact) mass is 307 g/mol. The van der Waals surface area contributed by atoms with E-state index in [9.17, 15) is 19.2 Å². The Kier molecular flexibility index (Phi) is 10.4. The summed E-state index contributed by atoms with van der Waals surface area (Å²) in [6, 6.07) is 0. The summed E-state index contributed by atoms with van der Waals surface area (Å²) in [4.78, 5) is 42.9. The van der Waals surface area contributed by atoms with Crippen molar-refractivity contribution in [1.29, 1.82) is 0 Å². The van der Waals surface area contributed by atoms with Gasteiger partial charge < -0.3 is 23.7 Å². The van der Waals surface area contributed by atoms with Gasteiger partial charge in [-0.05, 0) is 0 Å². The molecule has 0 aliphatic heterocycles. The van der Waals surface area contributed by atoms with Crippen LogP contribution in [0.1, 0.15) is 13.8 Å². The highest BCUT2D eigenvalue weighted by Crippen LogP contribution is 1.84. The molecule has 0 heterocycles. The number of carbonyl (C=O) groups excluding carboxylic acids is 4. The fourth-order valence-corrected chi connectivity index (χ4v) is 0.813. The van der Waals surface area contributed by atoms with E-state index in [4.69, 9.17) is 0 Å². The second-order valence-corrected chi connectivity index (χ2v) is 3.47. The third-order valence-corrected chi connectivity index (χ3v) is 1.67. The second kappa shape index (κ2) is 11.6. The van der Waals surface area contributed by atoms with Gasteiger partial charge in [0.05, 0.1) is 13.1 Å². The van der Waals surface area contributed by atoms with Crippen LogP contribution in [-0.2, 0) is 42.9 Å². The minimum atomic E-state index is -0.699. The third-order valence-electron chi connectivity index (χ3n) is 1.67. The van der Waals surface area contributed by atoms with E-state index in [0.717, 1.165) is 0 Å². The predicted molar refractivity (Wildman–Crippen MR) is 64.3 cm³/mol. The molecule has 1 N–H and O–H groups in total. The van der Waals surface area contributed by atoms with Crippen molar-refractivity contribution in [3.63, 3.8) is 0 Å². The van der Waals surface area contributed by atoms with Gasteiger partial charge >= 0.3 is 23.9 Å². The molecular weight excluding hydrogens is 290 g/mol. The molecule has 10 heteroatoms. The van der Waals surface area contributed by atoms with Crippen LogP contribution in [0.4, 0.5) is 0 Å². The Morgan fingerprint density at radius 3 is 1.67 bits per heavy atom. The van der Waals surface area contributed by atoms with E-state index in [1.807, 2.05) is 0 Å². The smallest absolute Gasteiger partial charge is 0.322 e. The molecule has 0 saturated heterocycles. The first kappa shape index (κ1) is 18.8. The van der Waals surface area contributed by atoms with E-state index >= 15 is 0 Å². The Bertz CT molecular complexity index is 369. The molecule has 0 aliphatic rings. The van der Waals surface area contributed by atoms with Crippen LogP contribution in [0.5, 0.6) is 0 Å². The number of nitrogens with one attached hydrogen (secondary N) is 1. The van der Waals surface area contributed by atoms with Crippen molar-refractivity contribution in [2.24, 2.45) is 0 Å². The van der Waals surface area contributed by atoms with E-state index in [1.54, 1.807) is 0 Å². The molecule has 0 fully saturated rings. The number of hydrogen-bond acceptors (Lipinski definition) is 10. The lowest BCUT2D eigenvalue weighted by atomic mass is 10.6. The SMILES string of the molecule is CC(=O)OCOCOC(=O)CNCC(=O)OCOC(C)=O. The van der Waals surface area contributed by atoms with Crippen molar-refractivity contribution in [1.82, 2.24) is 5.32 Å². The van der Waals surface area contributed by atoms with E-state index in [-0.39, 0.29) is 26.7 Å². The largest absolute Gasteiger partial charge is 0.439 e. The van der Waals surface area contributed by atoms with Crippen molar-refractivity contribution < 1.29 is 42.9 Å². The molecule has 0 bridgehead atoms. The van der Waals surface area contributed by atoms with Gasteiger partial charge in [-0.1, -0.05) is 0 Å². The molecule has 21 heavy (non-hydrogen) atoms. The Labute approximate surface area is 120 Å². The highest BCUT2D eigenvalue weighted by molar-refractivity contribution is 5.75. The minimum Gasteiger partial charge on any atom is -0.439 e. The van der Waals surface area contributed by atoms with Crippen molar-refractivity contribution >= 4 is 23.9 Å². The quantitative estimate of drug-likeness (QED) is 0.224. The molecule has 0 aromatic rings. The van der Waals surface area contributed by atoms with E-state index in [2.05, 4.69) is 29.0 Å². The molecule has 10 nitrogen and oxygen atoms in total. The van der Waals surface area contributed by atoms with Gasteiger partial charge in [0.1, 0.15) is 0 Å². The van der Waals surface area contributed by atoms with Crippen LogP contribution in [0.3, 0.4) is 0 Å². The summed E-state index contributed by atoms with van der Waals surface area (Å²) >= 11 is 0. The summed E-state index contributed by atoms with van der Waals surface area (Å²) in [5.41, 5.74) is 0. The lowest BCUT2D eigenvalue weighted by molar-refractivity contribution is -0.174. The number of esters is 4. The summed E-state index contributed by atoms with van der Waals surface area (Å²) in [7, 11) is 0. The molecule has 0 aromatic heterocycles. The van der Waals surface area contributed by atoms with Crippen LogP contribution in [0.15, 0.2) is 0 Å². The molecule has 0 rings (SSSR count). The molecule has 0 aromatic carbocycles. The molecule has 0 saturated carbocycles. The Balaban J connectivity index is 3.46. The molecule has 0 aliphatic carbocycles. The van der Waals surface area contributed by atoms with Crippen LogP contribution in [0, 0.1) is 0 Å². The average molecular weight is 307 g/mol. The zero-order chi connectivity index (χ0) is 16.1. The highest BCUT2D eigenvalue weighted by atomic mass is 16.8. The van der Waals surface area contributed by atoms with Crippen LogP contribution in [-0.4, -0.2) is 57.3 Å². The number of rotatable bonds is 10. The van der Waals surface area contributed by atoms with E-state index < -0.39 is 30.7 Å². The maximum absolute atomic E-state index is 11.1. The second-order valence-electron chi connectivity index (χ2n) is 3.47. The zero-order valence-electron chi connectivity index (χ0n) is 11.7. The predicted octanol–water partition coefficient (Wildman–Crippen LogP) is -1.32. The molecule has 0 spiro atoms. The van der Waals surface area contributed by atoms with Gasteiger partial charge in [-0.25, -0.2) is 0 Å². The number of carbonyl (C=O) groups is 4. The Morgan fingerprint density at radius 2 is 1.14 bits per heavy atom. The summed E-state index contributed by atoms with van der Waals surface area (Å²) < 4.78 is 22.6. The van der Waals surface area contributed by atoms with Gasteiger partial charge in [-0.3, -0.25) is 24.5 Å². The lowest BCUT2D eigenvalue weighted by Crippen LogP contribution is -2.31. The number of ether oxygens (including phenoxy) is 5. The minimum absolute atomic E-state index is 0.250. The summed E-state index contributed by atoms with van der Waals surface area (Å²) in [5, 5.41) is 2.45. The van der Waals surface area contributed by atoms with Gasteiger partial charge in [0.25, 0.3) is 0 Å². The van der Waals surface area contributed by atoms with Gasteiger partial charge in [-0.2, -0.15) is 0 Å². The Morgan fingerprint density at radius 1 is 0.714 bits per heavy atom. The molecule has 0 amide bonds. The lowest BCUT2D eigenvalue weighted by Gasteiger charge is -2.07. The number of hydrogen-bond donors (Lipinski definition) is 1. The molecular formula is C11H17NO9. The topological polar surface area (TPSA) is 126 Å². The summed E-state index contributed by atoms with van der Waals surface area (Å²) in [5.74, 6) is -2.47. The van der Waals surface area contributed by atoms with E-state index in [0.29, 0.717) is 0 Å². The molecule has 0 atom stereocenters. The maximum Gasteiger partial charge on any atom is 0.322 e. The fourth-order valence-electron chi connectivity index (χ4n) is 0.813. The summed E-state index contributed by atoms with van der Waals surface area (Å²) in [6.07, 6.45) is 0. The molecule has 120 valence electrons. The highest BCUT2D eigenvalue weighted by Gasteiger charge is 2.06. The first-order chi connectivity index (χ1) is 9.91. The first-order valence-corrected chi connectivity index (χ1v) is 5.78. The van der Waals surface area contributed by atoms with Crippen molar-refractivity contribution in [3.05, 3.63) is 0 Å². The van der Waals surface area contributed by atoms with Crippen LogP contribution < -0.4 is 5.32 Å². The van der Waals surface area contributed by atoms with Gasteiger partial charge in [0, 0.05) is 13.8 Å². The van der Waals surface area contributed by atoms with Gasteiger partial charge in [0.15, 0.2) is 13.6 Å². The molecule has 0 unspecified atom stereocenters. The summed E-state index contributed by atoms with van der Waals surface area (Å²) in [6.45, 7) is 0.684. The van der Waals surface area contributed by atoms with Crippen molar-refractivity contribution in [2.75, 3.05) is 33.5 Å². The normalized spacial score (nSPS) is 9.62. The zero-order valence-corrected chi connectivity index (χ0v) is 11.7. The maximum atomic E-state index is 11.1. The van der Waals surface area contributed by atoms with Gasteiger partial charge in [-0.15, -0.1) is 0 Å². The van der Waals surface area contributed by atoms with Crippen LogP contribution in [0.25, 0.3) is 0 Å². The average Bonchev–Trinajstić information content (AvgIpc) is 2.37. The Hall–Kier alpha value is -2.20. The van der Waals surface area contributed by atoms with Crippen molar-refractivity contribution in [3.8, 4) is 0 Å². The van der Waals surface area contributed by atoms with Crippen molar-refractivity contribution in [2.45, 2.75) is 13.8 Å². The van der Waals surface area contributed by atoms with Gasteiger partial charge in [0.2, 0.25) is 6.79 Å². The first-order valence-electron chi connectivity index (χ1n) is 5.78. The molecule has 0 radical (unpaired) electrons. The van der Waals surface area contributed by atoms with Crippen LogP contribution in [0.2, 0.25) is 0 Å². The third kappa shape index (κ3) is 14.0. The van der Waals surface area contributed by atoms with Crippen LogP contribution >= 0.6 is 0 Å².